The van der Waals surface area contributed by atoms with E-state index < -0.39 is 0 Å². The Morgan fingerprint density at radius 2 is 1.87 bits per heavy atom. The Morgan fingerprint density at radius 3 is 2.52 bits per heavy atom. The summed E-state index contributed by atoms with van der Waals surface area (Å²) in [5.74, 6) is 0.452. The summed E-state index contributed by atoms with van der Waals surface area (Å²) < 4.78 is 5.32. The van der Waals surface area contributed by atoms with E-state index in [-0.39, 0.29) is 12.3 Å². The first-order valence-corrected chi connectivity index (χ1v) is 7.54. The maximum atomic E-state index is 11.5. The van der Waals surface area contributed by atoms with E-state index in [9.17, 15) is 4.79 Å². The van der Waals surface area contributed by atoms with Gasteiger partial charge >= 0.3 is 0 Å². The van der Waals surface area contributed by atoms with E-state index in [0.29, 0.717) is 0 Å². The van der Waals surface area contributed by atoms with Gasteiger partial charge in [0.2, 0.25) is 5.91 Å². The van der Waals surface area contributed by atoms with Crippen molar-refractivity contribution >= 4 is 23.1 Å². The molecule has 0 saturated carbocycles. The molecule has 0 bridgehead atoms. The van der Waals surface area contributed by atoms with Crippen LogP contribution in [0.4, 0.5) is 0 Å². The van der Waals surface area contributed by atoms with Gasteiger partial charge in [0.15, 0.2) is 0 Å². The van der Waals surface area contributed by atoms with E-state index in [1.807, 2.05) is 43.3 Å². The number of nitrogens with two attached hydrogens (primary N) is 1. The molecule has 0 aromatic heterocycles. The summed E-state index contributed by atoms with van der Waals surface area (Å²) in [6.45, 7) is 2.04. The molecule has 0 unspecified atom stereocenters. The number of amides is 1. The third-order valence-electron chi connectivity index (χ3n) is 4.16. The molecule has 23 heavy (non-hydrogen) atoms. The van der Waals surface area contributed by atoms with Crippen molar-refractivity contribution in [3.63, 3.8) is 0 Å². The average molecular weight is 305 g/mol. The molecule has 116 valence electrons. The van der Waals surface area contributed by atoms with Crippen LogP contribution < -0.4 is 10.5 Å². The van der Waals surface area contributed by atoms with E-state index >= 15 is 0 Å². The maximum Gasteiger partial charge on any atom is 0.221 e. The third-order valence-corrected chi connectivity index (χ3v) is 4.16. The van der Waals surface area contributed by atoms with Crippen LogP contribution in [0.5, 0.6) is 5.75 Å². The number of benzene rings is 2. The second-order valence-corrected chi connectivity index (χ2v) is 5.63. The average Bonchev–Trinajstić information content (AvgIpc) is 2.80. The van der Waals surface area contributed by atoms with Gasteiger partial charge < -0.3 is 10.5 Å². The molecule has 1 aliphatic carbocycles. The second kappa shape index (κ2) is 6.13. The molecule has 2 aromatic rings. The summed E-state index contributed by atoms with van der Waals surface area (Å²) in [5.41, 5.74) is 11.9. The summed E-state index contributed by atoms with van der Waals surface area (Å²) in [6, 6.07) is 16.1. The molecule has 0 radical (unpaired) electrons. The second-order valence-electron chi connectivity index (χ2n) is 5.63. The summed E-state index contributed by atoms with van der Waals surface area (Å²) in [6.07, 6.45) is 2.38. The van der Waals surface area contributed by atoms with E-state index in [1.54, 1.807) is 7.11 Å². The molecule has 3 heteroatoms. The van der Waals surface area contributed by atoms with Crippen molar-refractivity contribution in [2.75, 3.05) is 7.11 Å². The zero-order chi connectivity index (χ0) is 16.4. The van der Waals surface area contributed by atoms with Gasteiger partial charge in [-0.2, -0.15) is 0 Å². The minimum atomic E-state index is -0.325. The van der Waals surface area contributed by atoms with E-state index in [0.717, 1.165) is 39.2 Å². The Bertz CT molecular complexity index is 817. The Hall–Kier alpha value is -2.81. The molecule has 3 rings (SSSR count). The Labute approximate surface area is 136 Å². The number of carbonyl (C=O) groups is 1. The van der Waals surface area contributed by atoms with Gasteiger partial charge in [-0.1, -0.05) is 36.4 Å². The zero-order valence-electron chi connectivity index (χ0n) is 13.3. The van der Waals surface area contributed by atoms with Gasteiger partial charge in [-0.3, -0.25) is 4.79 Å². The standard InChI is InChI=1S/C20H19NO2/c1-13-17(10-14-6-4-3-5-7-14)16-9-8-15(23-2)11-19(16)18(13)12-20(21)22/h3-11H,12H2,1-2H3,(H2,21,22)/b17-10-. The van der Waals surface area contributed by atoms with Gasteiger partial charge in [0.1, 0.15) is 5.75 Å². The Morgan fingerprint density at radius 1 is 1.13 bits per heavy atom. The number of rotatable bonds is 4. The molecular formula is C20H19NO2. The van der Waals surface area contributed by atoms with Crippen LogP contribution in [-0.2, 0) is 4.79 Å². The Kier molecular flexibility index (Phi) is 4.02. The molecule has 1 amide bonds. The van der Waals surface area contributed by atoms with Crippen LogP contribution in [0.3, 0.4) is 0 Å². The summed E-state index contributed by atoms with van der Waals surface area (Å²) >= 11 is 0. The number of primary amides is 1. The van der Waals surface area contributed by atoms with Gasteiger partial charge in [-0.25, -0.2) is 0 Å². The molecular weight excluding hydrogens is 286 g/mol. The highest BCUT2D eigenvalue weighted by atomic mass is 16.5. The number of ether oxygens (including phenoxy) is 1. The van der Waals surface area contributed by atoms with Crippen LogP contribution in [0.15, 0.2) is 54.1 Å². The van der Waals surface area contributed by atoms with Crippen LogP contribution in [0.25, 0.3) is 17.2 Å². The van der Waals surface area contributed by atoms with Crippen LogP contribution >= 0.6 is 0 Å². The molecule has 0 heterocycles. The number of hydrogen-bond acceptors (Lipinski definition) is 2. The number of methoxy groups -OCH3 is 1. The predicted molar refractivity (Wildman–Crippen MR) is 93.7 cm³/mol. The molecule has 1 aliphatic rings. The van der Waals surface area contributed by atoms with Gasteiger partial charge in [0, 0.05) is 0 Å². The Balaban J connectivity index is 2.17. The summed E-state index contributed by atoms with van der Waals surface area (Å²) in [4.78, 5) is 11.5. The van der Waals surface area contributed by atoms with Crippen molar-refractivity contribution in [3.8, 4) is 5.75 Å². The zero-order valence-corrected chi connectivity index (χ0v) is 13.3. The molecule has 3 nitrogen and oxygen atoms in total. The number of carbonyl (C=O) groups excluding carboxylic acids is 1. The number of allylic oxidation sites excluding steroid dienone is 2. The maximum absolute atomic E-state index is 11.5. The highest BCUT2D eigenvalue weighted by Crippen LogP contribution is 2.44. The third kappa shape index (κ3) is 2.90. The van der Waals surface area contributed by atoms with Gasteiger partial charge in [0.05, 0.1) is 13.5 Å². The SMILES string of the molecule is COc1ccc2c(c1)C(CC(N)=O)=C(C)/C2=C/c1ccccc1. The normalized spacial score (nSPS) is 15.0. The fraction of sp³-hybridized carbons (Fsp3) is 0.150. The smallest absolute Gasteiger partial charge is 0.221 e. The van der Waals surface area contributed by atoms with Crippen molar-refractivity contribution in [1.29, 1.82) is 0 Å². The molecule has 0 atom stereocenters. The van der Waals surface area contributed by atoms with Crippen molar-refractivity contribution in [2.45, 2.75) is 13.3 Å². The van der Waals surface area contributed by atoms with Crippen molar-refractivity contribution < 1.29 is 9.53 Å². The quantitative estimate of drug-likeness (QED) is 0.931. The first-order valence-electron chi connectivity index (χ1n) is 7.54. The summed E-state index contributed by atoms with van der Waals surface area (Å²) in [7, 11) is 1.64. The van der Waals surface area contributed by atoms with Crippen molar-refractivity contribution in [2.24, 2.45) is 5.73 Å². The van der Waals surface area contributed by atoms with Gasteiger partial charge in [0.25, 0.3) is 0 Å². The van der Waals surface area contributed by atoms with Crippen molar-refractivity contribution in [1.82, 2.24) is 0 Å². The highest BCUT2D eigenvalue weighted by molar-refractivity contribution is 6.08. The number of hydrogen-bond donors (Lipinski definition) is 1. The lowest BCUT2D eigenvalue weighted by molar-refractivity contribution is -0.117. The van der Waals surface area contributed by atoms with Crippen LogP contribution in [0.2, 0.25) is 0 Å². The van der Waals surface area contributed by atoms with Crippen molar-refractivity contribution in [3.05, 3.63) is 70.8 Å². The summed E-state index contributed by atoms with van der Waals surface area (Å²) in [5, 5.41) is 0. The topological polar surface area (TPSA) is 52.3 Å². The fourth-order valence-corrected chi connectivity index (χ4v) is 3.01. The molecule has 0 spiro atoms. The monoisotopic (exact) mass is 305 g/mol. The van der Waals surface area contributed by atoms with Crippen LogP contribution in [-0.4, -0.2) is 13.0 Å². The van der Waals surface area contributed by atoms with Gasteiger partial charge in [-0.15, -0.1) is 0 Å². The van der Waals surface area contributed by atoms with E-state index in [4.69, 9.17) is 10.5 Å². The lowest BCUT2D eigenvalue weighted by atomic mass is 10.0. The van der Waals surface area contributed by atoms with Gasteiger partial charge in [-0.05, 0) is 58.5 Å². The van der Waals surface area contributed by atoms with E-state index in [1.165, 1.54) is 0 Å². The van der Waals surface area contributed by atoms with E-state index in [2.05, 4.69) is 18.2 Å². The highest BCUT2D eigenvalue weighted by Gasteiger charge is 2.25. The number of fused-ring (bicyclic) bond motifs is 1. The minimum Gasteiger partial charge on any atom is -0.497 e. The molecule has 0 aliphatic heterocycles. The van der Waals surface area contributed by atoms with Crippen LogP contribution in [0, 0.1) is 0 Å². The first-order chi connectivity index (χ1) is 11.1. The lowest BCUT2D eigenvalue weighted by Gasteiger charge is -2.07. The fourth-order valence-electron chi connectivity index (χ4n) is 3.01. The minimum absolute atomic E-state index is 0.234. The molecule has 2 aromatic carbocycles. The predicted octanol–water partition coefficient (Wildman–Crippen LogP) is 3.90. The lowest BCUT2D eigenvalue weighted by Crippen LogP contribution is -2.10. The van der Waals surface area contributed by atoms with Crippen LogP contribution in [0.1, 0.15) is 30.0 Å². The molecule has 2 N–H and O–H groups in total. The molecule has 0 fully saturated rings. The largest absolute Gasteiger partial charge is 0.497 e. The molecule has 0 saturated heterocycles. The first kappa shape index (κ1) is 15.1.